The van der Waals surface area contributed by atoms with Gasteiger partial charge in [-0.05, 0) is 60.5 Å². The van der Waals surface area contributed by atoms with E-state index in [1.165, 1.54) is 17.3 Å². The third kappa shape index (κ3) is 5.51. The number of nitrogens with zero attached hydrogens (tertiary/aromatic N) is 4. The molecule has 1 saturated heterocycles. The summed E-state index contributed by atoms with van der Waals surface area (Å²) in [5.41, 5.74) is 4.74. The van der Waals surface area contributed by atoms with Gasteiger partial charge in [0.2, 0.25) is 0 Å². The van der Waals surface area contributed by atoms with Crippen molar-refractivity contribution >= 4 is 41.2 Å². The van der Waals surface area contributed by atoms with Crippen LogP contribution >= 0.6 is 11.8 Å². The number of rotatable bonds is 5. The summed E-state index contributed by atoms with van der Waals surface area (Å²) in [6.07, 6.45) is 3.72. The molecule has 0 spiro atoms. The Morgan fingerprint density at radius 3 is 2.42 bits per heavy atom. The third-order valence-corrected chi connectivity index (χ3v) is 8.33. The molecule has 0 radical (unpaired) electrons. The van der Waals surface area contributed by atoms with Crippen molar-refractivity contribution in [2.45, 2.75) is 18.4 Å². The minimum absolute atomic E-state index is 0.0175. The van der Waals surface area contributed by atoms with Crippen molar-refractivity contribution in [3.63, 3.8) is 0 Å². The molecule has 3 heterocycles. The fourth-order valence-corrected chi connectivity index (χ4v) is 6.21. The van der Waals surface area contributed by atoms with Crippen LogP contribution in [0.2, 0.25) is 0 Å². The first-order chi connectivity index (χ1) is 19.5. The summed E-state index contributed by atoms with van der Waals surface area (Å²) in [7, 11) is 0. The number of anilines is 2. The number of aromatic nitrogens is 1. The van der Waals surface area contributed by atoms with Crippen LogP contribution in [0.1, 0.15) is 27.0 Å². The number of benzene rings is 3. The predicted molar refractivity (Wildman–Crippen MR) is 161 cm³/mol. The highest BCUT2D eigenvalue weighted by atomic mass is 32.2. The monoisotopic (exact) mass is 546 g/mol. The largest absolute Gasteiger partial charge is 0.353 e. The first kappa shape index (κ1) is 25.9. The smallest absolute Gasteiger partial charge is 0.265 e. The van der Waals surface area contributed by atoms with Crippen molar-refractivity contribution in [3.05, 3.63) is 124 Å². The van der Waals surface area contributed by atoms with Gasteiger partial charge < -0.3 is 14.7 Å². The minimum atomic E-state index is -0.0175. The molecule has 0 aliphatic carbocycles. The van der Waals surface area contributed by atoms with E-state index in [-0.39, 0.29) is 11.8 Å². The topological polar surface area (TPSA) is 56.8 Å². The van der Waals surface area contributed by atoms with Crippen LogP contribution in [0.3, 0.4) is 0 Å². The number of hydrogen-bond acceptors (Lipinski definition) is 5. The molecule has 6 nitrogen and oxygen atoms in total. The van der Waals surface area contributed by atoms with Crippen LogP contribution in [0, 0.1) is 6.92 Å². The van der Waals surface area contributed by atoms with E-state index in [1.54, 1.807) is 6.20 Å². The van der Waals surface area contributed by atoms with E-state index in [2.05, 4.69) is 41.1 Å². The lowest BCUT2D eigenvalue weighted by Gasteiger charge is -2.35. The van der Waals surface area contributed by atoms with Crippen LogP contribution in [-0.2, 0) is 11.3 Å². The highest BCUT2D eigenvalue weighted by molar-refractivity contribution is 8.04. The van der Waals surface area contributed by atoms with Crippen LogP contribution in [0.15, 0.2) is 107 Å². The van der Waals surface area contributed by atoms with Gasteiger partial charge >= 0.3 is 0 Å². The fraction of sp³-hybridized carbons (Fsp3) is 0.182. The number of hydrogen-bond donors (Lipinski definition) is 0. The van der Waals surface area contributed by atoms with Crippen LogP contribution in [0.5, 0.6) is 0 Å². The first-order valence-corrected chi connectivity index (χ1v) is 14.3. The van der Waals surface area contributed by atoms with Gasteiger partial charge in [0.15, 0.2) is 0 Å². The number of pyridine rings is 1. The molecule has 200 valence electrons. The predicted octanol–water partition coefficient (Wildman–Crippen LogP) is 6.03. The van der Waals surface area contributed by atoms with Gasteiger partial charge in [-0.15, -0.1) is 0 Å². The van der Waals surface area contributed by atoms with Crippen molar-refractivity contribution in [2.24, 2.45) is 0 Å². The summed E-state index contributed by atoms with van der Waals surface area (Å²) in [4.78, 5) is 38.9. The zero-order valence-corrected chi connectivity index (χ0v) is 23.2. The number of fused-ring (bicyclic) bond motifs is 1. The molecule has 4 aromatic rings. The Hall–Kier alpha value is -4.36. The Morgan fingerprint density at radius 1 is 0.900 bits per heavy atom. The molecule has 40 heavy (non-hydrogen) atoms. The van der Waals surface area contributed by atoms with Crippen LogP contribution < -0.4 is 9.80 Å². The molecule has 1 fully saturated rings. The quantitative estimate of drug-likeness (QED) is 0.286. The second-order valence-electron chi connectivity index (χ2n) is 10.0. The molecule has 3 aromatic carbocycles. The molecule has 0 bridgehead atoms. The highest BCUT2D eigenvalue weighted by Crippen LogP contribution is 2.42. The second kappa shape index (κ2) is 11.4. The maximum Gasteiger partial charge on any atom is 0.265 e. The van der Waals surface area contributed by atoms with E-state index in [4.69, 9.17) is 0 Å². The van der Waals surface area contributed by atoms with Gasteiger partial charge in [-0.2, -0.15) is 0 Å². The lowest BCUT2D eigenvalue weighted by atomic mass is 10.1. The van der Waals surface area contributed by atoms with E-state index in [0.29, 0.717) is 30.1 Å². The summed E-state index contributed by atoms with van der Waals surface area (Å²) >= 11 is 1.49. The molecule has 2 aliphatic heterocycles. The van der Waals surface area contributed by atoms with Crippen LogP contribution in [0.4, 0.5) is 11.5 Å². The highest BCUT2D eigenvalue weighted by Gasteiger charge is 2.29. The Bertz CT molecular complexity index is 1560. The molecule has 0 N–H and O–H groups in total. The SMILES string of the molecule is Cc1cccc(CN2C(=O)C(=Cc3ccc(C(=O)N4CCN(c5ccccn5)CC4)cc3)Sc3ccccc32)c1. The minimum Gasteiger partial charge on any atom is -0.353 e. The lowest BCUT2D eigenvalue weighted by Crippen LogP contribution is -2.49. The molecule has 0 unspecified atom stereocenters. The number of aryl methyl sites for hydroxylation is 1. The fourth-order valence-electron chi connectivity index (χ4n) is 5.15. The van der Waals surface area contributed by atoms with Gasteiger partial charge in [-0.1, -0.05) is 71.9 Å². The van der Waals surface area contributed by atoms with Crippen molar-refractivity contribution in [3.8, 4) is 0 Å². The maximum absolute atomic E-state index is 13.7. The van der Waals surface area contributed by atoms with Crippen molar-refractivity contribution in [2.75, 3.05) is 36.0 Å². The molecule has 2 amide bonds. The maximum atomic E-state index is 13.7. The Balaban J connectivity index is 1.17. The number of piperazine rings is 1. The molecule has 2 aliphatic rings. The average molecular weight is 547 g/mol. The zero-order valence-electron chi connectivity index (χ0n) is 22.4. The summed E-state index contributed by atoms with van der Waals surface area (Å²) in [6.45, 7) is 5.40. The van der Waals surface area contributed by atoms with E-state index in [0.717, 1.165) is 40.6 Å². The van der Waals surface area contributed by atoms with E-state index in [9.17, 15) is 9.59 Å². The van der Waals surface area contributed by atoms with Gasteiger partial charge in [0.1, 0.15) is 5.82 Å². The van der Waals surface area contributed by atoms with Gasteiger partial charge in [0.25, 0.3) is 11.8 Å². The molecular formula is C33H30N4O2S. The molecule has 1 aromatic heterocycles. The van der Waals surface area contributed by atoms with Crippen molar-refractivity contribution in [1.29, 1.82) is 0 Å². The molecule has 6 rings (SSSR count). The van der Waals surface area contributed by atoms with Gasteiger partial charge in [-0.25, -0.2) is 4.98 Å². The van der Waals surface area contributed by atoms with Gasteiger partial charge in [-0.3, -0.25) is 9.59 Å². The van der Waals surface area contributed by atoms with E-state index < -0.39 is 0 Å². The number of carbonyl (C=O) groups excluding carboxylic acids is 2. The zero-order chi connectivity index (χ0) is 27.5. The number of amides is 2. The summed E-state index contributed by atoms with van der Waals surface area (Å²) in [5.74, 6) is 0.958. The van der Waals surface area contributed by atoms with Gasteiger partial charge in [0, 0.05) is 42.8 Å². The summed E-state index contributed by atoms with van der Waals surface area (Å²) in [5, 5.41) is 0. The van der Waals surface area contributed by atoms with E-state index >= 15 is 0 Å². The summed E-state index contributed by atoms with van der Waals surface area (Å²) in [6, 6.07) is 29.7. The standard InChI is InChI=1S/C33H30N4O2S/c1-24-7-6-8-26(21-24)23-37-28-9-2-3-10-29(28)40-30(33(37)39)22-25-12-14-27(15-13-25)32(38)36-19-17-35(18-20-36)31-11-4-5-16-34-31/h2-16,21-22H,17-20,23H2,1H3. The Kier molecular flexibility index (Phi) is 7.38. The molecular weight excluding hydrogens is 516 g/mol. The van der Waals surface area contributed by atoms with Gasteiger partial charge in [0.05, 0.1) is 17.1 Å². The van der Waals surface area contributed by atoms with Crippen molar-refractivity contribution in [1.82, 2.24) is 9.88 Å². The second-order valence-corrected chi connectivity index (χ2v) is 11.1. The first-order valence-electron chi connectivity index (χ1n) is 13.5. The average Bonchev–Trinajstić information content (AvgIpc) is 3.00. The van der Waals surface area contributed by atoms with Crippen LogP contribution in [0.25, 0.3) is 6.08 Å². The van der Waals surface area contributed by atoms with Crippen molar-refractivity contribution < 1.29 is 9.59 Å². The molecule has 0 atom stereocenters. The lowest BCUT2D eigenvalue weighted by molar-refractivity contribution is -0.114. The van der Waals surface area contributed by atoms with Crippen LogP contribution in [-0.4, -0.2) is 47.9 Å². The molecule has 7 heteroatoms. The van der Waals surface area contributed by atoms with E-state index in [1.807, 2.05) is 82.6 Å². The summed E-state index contributed by atoms with van der Waals surface area (Å²) < 4.78 is 0. The number of thioether (sulfide) groups is 1. The Morgan fingerprint density at radius 2 is 1.68 bits per heavy atom. The Labute approximate surface area is 238 Å². The normalized spacial score (nSPS) is 16.3. The third-order valence-electron chi connectivity index (χ3n) is 7.25. The molecule has 0 saturated carbocycles. The number of para-hydroxylation sites is 1. The number of carbonyl (C=O) groups is 2.